The lowest BCUT2D eigenvalue weighted by atomic mass is 10.2. The van der Waals surface area contributed by atoms with Crippen molar-refractivity contribution < 1.29 is 8.81 Å². The van der Waals surface area contributed by atoms with E-state index in [0.29, 0.717) is 53.0 Å². The third-order valence-corrected chi connectivity index (χ3v) is 4.47. The normalized spacial score (nSPS) is 11.4. The molecule has 6 nitrogen and oxygen atoms in total. The van der Waals surface area contributed by atoms with Gasteiger partial charge in [-0.25, -0.2) is 4.39 Å². The Labute approximate surface area is 149 Å². The molecule has 0 saturated carbocycles. The van der Waals surface area contributed by atoms with Crippen LogP contribution in [-0.4, -0.2) is 25.0 Å². The molecule has 8 heteroatoms. The van der Waals surface area contributed by atoms with Crippen LogP contribution in [0.15, 0.2) is 33.8 Å². The third kappa shape index (κ3) is 4.07. The minimum absolute atomic E-state index is 0.305. The highest BCUT2D eigenvalue weighted by molar-refractivity contribution is 7.98. The van der Waals surface area contributed by atoms with Crippen LogP contribution in [0.25, 0.3) is 11.4 Å². The number of halogens is 1. The lowest BCUT2D eigenvalue weighted by molar-refractivity contribution is 0.469. The number of nitrogens with zero attached hydrogens (tertiary/aromatic N) is 5. The van der Waals surface area contributed by atoms with Crippen LogP contribution in [0.2, 0.25) is 0 Å². The molecule has 0 radical (unpaired) electrons. The van der Waals surface area contributed by atoms with Gasteiger partial charge in [0, 0.05) is 13.0 Å². The van der Waals surface area contributed by atoms with Crippen LogP contribution in [0.4, 0.5) is 4.39 Å². The van der Waals surface area contributed by atoms with Crippen molar-refractivity contribution in [3.8, 4) is 11.4 Å². The van der Waals surface area contributed by atoms with E-state index in [2.05, 4.69) is 34.2 Å². The lowest BCUT2D eigenvalue weighted by Crippen LogP contribution is -2.08. The van der Waals surface area contributed by atoms with Crippen LogP contribution >= 0.6 is 11.8 Å². The van der Waals surface area contributed by atoms with Gasteiger partial charge in [-0.05, 0) is 18.1 Å². The second kappa shape index (κ2) is 7.77. The van der Waals surface area contributed by atoms with Gasteiger partial charge in [-0.3, -0.25) is 0 Å². The van der Waals surface area contributed by atoms with Gasteiger partial charge in [0.25, 0.3) is 0 Å². The predicted molar refractivity (Wildman–Crippen MR) is 93.5 cm³/mol. The maximum absolute atomic E-state index is 14.2. The van der Waals surface area contributed by atoms with E-state index < -0.39 is 0 Å². The molecular formula is C17H20FN5OS. The van der Waals surface area contributed by atoms with Crippen LogP contribution < -0.4 is 0 Å². The molecule has 0 N–H and O–H groups in total. The van der Waals surface area contributed by atoms with E-state index in [4.69, 9.17) is 4.42 Å². The molecule has 0 atom stereocenters. The monoisotopic (exact) mass is 361 g/mol. The van der Waals surface area contributed by atoms with E-state index in [1.807, 2.05) is 11.5 Å². The Bertz CT molecular complexity index is 845. The summed E-state index contributed by atoms with van der Waals surface area (Å²) in [6.45, 7) is 6.86. The van der Waals surface area contributed by atoms with E-state index in [-0.39, 0.29) is 5.82 Å². The smallest absolute Gasteiger partial charge is 0.226 e. The molecule has 0 spiro atoms. The maximum atomic E-state index is 14.2. The Hall–Kier alpha value is -2.22. The number of aromatic nitrogens is 5. The Morgan fingerprint density at radius 2 is 1.88 bits per heavy atom. The molecule has 0 aliphatic rings. The molecule has 3 aromatic rings. The van der Waals surface area contributed by atoms with Crippen molar-refractivity contribution in [2.45, 2.75) is 44.6 Å². The van der Waals surface area contributed by atoms with E-state index in [1.165, 1.54) is 17.8 Å². The van der Waals surface area contributed by atoms with Crippen molar-refractivity contribution in [2.75, 3.05) is 0 Å². The summed E-state index contributed by atoms with van der Waals surface area (Å²) >= 11 is 1.46. The average Bonchev–Trinajstić information content (AvgIpc) is 3.20. The fourth-order valence-corrected chi connectivity index (χ4v) is 3.17. The first-order valence-corrected chi connectivity index (χ1v) is 9.19. The zero-order valence-electron chi connectivity index (χ0n) is 14.4. The highest BCUT2D eigenvalue weighted by Crippen LogP contribution is 2.28. The second-order valence-corrected chi connectivity index (χ2v) is 6.96. The quantitative estimate of drug-likeness (QED) is 0.593. The summed E-state index contributed by atoms with van der Waals surface area (Å²) in [4.78, 5) is 0. The molecule has 0 aliphatic heterocycles. The first kappa shape index (κ1) is 17.6. The molecule has 132 valence electrons. The Morgan fingerprint density at radius 3 is 2.56 bits per heavy atom. The predicted octanol–water partition coefficient (Wildman–Crippen LogP) is 3.98. The van der Waals surface area contributed by atoms with Gasteiger partial charge in [0.05, 0.1) is 11.3 Å². The van der Waals surface area contributed by atoms with E-state index >= 15 is 0 Å². The van der Waals surface area contributed by atoms with Gasteiger partial charge >= 0.3 is 0 Å². The number of hydrogen-bond acceptors (Lipinski definition) is 6. The molecule has 0 aliphatic carbocycles. The molecule has 0 unspecified atom stereocenters. The number of benzene rings is 1. The summed E-state index contributed by atoms with van der Waals surface area (Å²) in [6, 6.07) is 6.61. The van der Waals surface area contributed by atoms with Gasteiger partial charge in [-0.2, -0.15) is 0 Å². The summed E-state index contributed by atoms with van der Waals surface area (Å²) in [5.74, 6) is 2.27. The molecule has 25 heavy (non-hydrogen) atoms. The van der Waals surface area contributed by atoms with E-state index in [1.54, 1.807) is 18.2 Å². The third-order valence-electron chi connectivity index (χ3n) is 3.52. The van der Waals surface area contributed by atoms with E-state index in [0.717, 1.165) is 0 Å². The summed E-state index contributed by atoms with van der Waals surface area (Å²) < 4.78 is 21.6. The minimum Gasteiger partial charge on any atom is -0.424 e. The number of thioether (sulfide) groups is 1. The van der Waals surface area contributed by atoms with Crippen molar-refractivity contribution >= 4 is 11.8 Å². The van der Waals surface area contributed by atoms with Gasteiger partial charge in [0.1, 0.15) is 5.82 Å². The molecule has 1 aromatic carbocycles. The van der Waals surface area contributed by atoms with Gasteiger partial charge < -0.3 is 8.98 Å². The molecule has 0 bridgehead atoms. The molecular weight excluding hydrogens is 341 g/mol. The van der Waals surface area contributed by atoms with Crippen molar-refractivity contribution in [1.29, 1.82) is 0 Å². The number of hydrogen-bond donors (Lipinski definition) is 0. The molecule has 3 rings (SSSR count). The maximum Gasteiger partial charge on any atom is 0.226 e. The summed E-state index contributed by atoms with van der Waals surface area (Å²) in [5, 5.41) is 17.2. The van der Waals surface area contributed by atoms with Crippen molar-refractivity contribution in [1.82, 2.24) is 25.0 Å². The Morgan fingerprint density at radius 1 is 1.12 bits per heavy atom. The van der Waals surface area contributed by atoms with Crippen LogP contribution in [0.1, 0.15) is 32.6 Å². The van der Waals surface area contributed by atoms with Crippen LogP contribution in [-0.2, 0) is 18.7 Å². The average molecular weight is 361 g/mol. The van der Waals surface area contributed by atoms with Gasteiger partial charge in [0.2, 0.25) is 11.8 Å². The lowest BCUT2D eigenvalue weighted by Gasteiger charge is -2.12. The molecule has 0 fully saturated rings. The van der Waals surface area contributed by atoms with Gasteiger partial charge in [-0.15, -0.1) is 20.4 Å². The molecule has 0 saturated heterocycles. The standard InChI is InChI=1S/C17H20FN5OS/c1-4-14-19-20-15(24-14)10-25-17-22-21-16(23(17)9-11(2)3)12-7-5-6-8-13(12)18/h5-8,11H,4,9-10H2,1-3H3. The fraction of sp³-hybridized carbons (Fsp3) is 0.412. The van der Waals surface area contributed by atoms with Gasteiger partial charge in [-0.1, -0.05) is 44.7 Å². The minimum atomic E-state index is -0.305. The van der Waals surface area contributed by atoms with Crippen molar-refractivity contribution in [2.24, 2.45) is 5.92 Å². The first-order valence-electron chi connectivity index (χ1n) is 8.20. The molecule has 2 aromatic heterocycles. The summed E-state index contributed by atoms with van der Waals surface area (Å²) in [7, 11) is 0. The van der Waals surface area contributed by atoms with E-state index in [9.17, 15) is 4.39 Å². The zero-order chi connectivity index (χ0) is 17.8. The topological polar surface area (TPSA) is 69.6 Å². The number of rotatable bonds is 7. The Balaban J connectivity index is 1.87. The molecule has 0 amide bonds. The number of aryl methyl sites for hydroxylation is 1. The summed E-state index contributed by atoms with van der Waals surface area (Å²) in [6.07, 6.45) is 0.707. The SMILES string of the molecule is CCc1nnc(CSc2nnc(-c3ccccc3F)n2CC(C)C)o1. The zero-order valence-corrected chi connectivity index (χ0v) is 15.3. The van der Waals surface area contributed by atoms with Crippen molar-refractivity contribution in [3.63, 3.8) is 0 Å². The highest BCUT2D eigenvalue weighted by atomic mass is 32.2. The van der Waals surface area contributed by atoms with Gasteiger partial charge in [0.15, 0.2) is 11.0 Å². The van der Waals surface area contributed by atoms with Crippen molar-refractivity contribution in [3.05, 3.63) is 41.9 Å². The molecule has 2 heterocycles. The second-order valence-electron chi connectivity index (χ2n) is 6.02. The van der Waals surface area contributed by atoms with Crippen LogP contribution in [0.3, 0.4) is 0 Å². The summed E-state index contributed by atoms with van der Waals surface area (Å²) in [5.41, 5.74) is 0.452. The van der Waals surface area contributed by atoms with Crippen LogP contribution in [0, 0.1) is 11.7 Å². The largest absolute Gasteiger partial charge is 0.424 e. The highest BCUT2D eigenvalue weighted by Gasteiger charge is 2.18. The Kier molecular flexibility index (Phi) is 5.47. The fourth-order valence-electron chi connectivity index (χ4n) is 2.38. The van der Waals surface area contributed by atoms with Crippen LogP contribution in [0.5, 0.6) is 0 Å². The first-order chi connectivity index (χ1) is 12.1.